The molecule has 2 aliphatic carbocycles. The molecule has 2 bridgehead atoms. The summed E-state index contributed by atoms with van der Waals surface area (Å²) >= 11 is 3.46. The van der Waals surface area contributed by atoms with E-state index in [1.54, 1.807) is 0 Å². The summed E-state index contributed by atoms with van der Waals surface area (Å²) in [5.74, 6) is -0.0573. The Morgan fingerprint density at radius 3 is 3.00 bits per heavy atom. The average Bonchev–Trinajstić information content (AvgIpc) is 3.10. The SMILES string of the molecule is CCc1cc(Br)ccc1NC(=O)[C@H]1[C@H]2C[C@H]3[C@@H]1C(=O)O[C@H]3C2. The maximum atomic E-state index is 12.8. The normalized spacial score (nSPS) is 34.8. The minimum atomic E-state index is -0.218. The van der Waals surface area contributed by atoms with Gasteiger partial charge >= 0.3 is 5.97 Å². The third-order valence-electron chi connectivity index (χ3n) is 5.49. The molecule has 4 rings (SSSR count). The molecule has 2 saturated carbocycles. The summed E-state index contributed by atoms with van der Waals surface area (Å²) in [5.41, 5.74) is 1.94. The highest BCUT2D eigenvalue weighted by Gasteiger charge is 2.63. The molecule has 22 heavy (non-hydrogen) atoms. The second-order valence-electron chi connectivity index (χ2n) is 6.57. The number of esters is 1. The molecule has 1 N–H and O–H groups in total. The summed E-state index contributed by atoms with van der Waals surface area (Å²) in [5, 5.41) is 3.05. The van der Waals surface area contributed by atoms with Crippen molar-refractivity contribution in [2.45, 2.75) is 32.3 Å². The van der Waals surface area contributed by atoms with Crippen LogP contribution in [0.3, 0.4) is 0 Å². The lowest BCUT2D eigenvalue weighted by Gasteiger charge is -2.24. The third kappa shape index (κ3) is 2.02. The minimum absolute atomic E-state index is 0.0215. The Kier molecular flexibility index (Phi) is 3.29. The number of amides is 1. The number of nitrogens with one attached hydrogen (secondary N) is 1. The Balaban J connectivity index is 1.57. The van der Waals surface area contributed by atoms with Gasteiger partial charge in [0.2, 0.25) is 5.91 Å². The van der Waals surface area contributed by atoms with Crippen LogP contribution in [0.1, 0.15) is 25.3 Å². The van der Waals surface area contributed by atoms with E-state index in [4.69, 9.17) is 4.74 Å². The van der Waals surface area contributed by atoms with Crippen molar-refractivity contribution in [3.05, 3.63) is 28.2 Å². The molecule has 1 aromatic rings. The van der Waals surface area contributed by atoms with Crippen molar-refractivity contribution >= 4 is 33.5 Å². The molecule has 1 heterocycles. The van der Waals surface area contributed by atoms with Crippen molar-refractivity contribution < 1.29 is 14.3 Å². The van der Waals surface area contributed by atoms with Crippen molar-refractivity contribution in [3.8, 4) is 0 Å². The third-order valence-corrected chi connectivity index (χ3v) is 5.99. The molecule has 5 heteroatoms. The molecule has 1 aliphatic heterocycles. The van der Waals surface area contributed by atoms with Gasteiger partial charge in [0.1, 0.15) is 6.10 Å². The van der Waals surface area contributed by atoms with Gasteiger partial charge in [-0.1, -0.05) is 22.9 Å². The highest BCUT2D eigenvalue weighted by atomic mass is 79.9. The lowest BCUT2D eigenvalue weighted by Crippen LogP contribution is -2.36. The number of ether oxygens (including phenoxy) is 1. The molecule has 0 aromatic heterocycles. The van der Waals surface area contributed by atoms with E-state index in [0.29, 0.717) is 5.92 Å². The summed E-state index contributed by atoms with van der Waals surface area (Å²) in [6.07, 6.45) is 2.73. The Morgan fingerprint density at radius 1 is 1.41 bits per heavy atom. The van der Waals surface area contributed by atoms with Crippen LogP contribution in [0.2, 0.25) is 0 Å². The predicted octanol–water partition coefficient (Wildman–Crippen LogP) is 3.15. The lowest BCUT2D eigenvalue weighted by molar-refractivity contribution is -0.145. The number of rotatable bonds is 3. The van der Waals surface area contributed by atoms with Crippen molar-refractivity contribution in [2.24, 2.45) is 23.7 Å². The van der Waals surface area contributed by atoms with E-state index in [1.807, 2.05) is 18.2 Å². The van der Waals surface area contributed by atoms with Gasteiger partial charge in [0.05, 0.1) is 11.8 Å². The van der Waals surface area contributed by atoms with E-state index >= 15 is 0 Å². The fraction of sp³-hybridized carbons (Fsp3) is 0.529. The van der Waals surface area contributed by atoms with Crippen LogP contribution in [-0.4, -0.2) is 18.0 Å². The Labute approximate surface area is 137 Å². The van der Waals surface area contributed by atoms with Gasteiger partial charge in [-0.2, -0.15) is 0 Å². The summed E-state index contributed by atoms with van der Waals surface area (Å²) < 4.78 is 6.41. The quantitative estimate of drug-likeness (QED) is 0.839. The molecule has 1 aromatic carbocycles. The fourth-order valence-electron chi connectivity index (χ4n) is 4.56. The first-order valence-corrected chi connectivity index (χ1v) is 8.67. The standard InChI is InChI=1S/C17H18BrNO3/c1-2-8-5-10(18)3-4-12(8)19-16(20)14-9-6-11-13(7-9)22-17(21)15(11)14/h3-5,9,11,13-15H,2,6-7H2,1H3,(H,19,20)/t9-,11+,13-,14-,15-/m0/s1. The number of hydrogen-bond donors (Lipinski definition) is 1. The zero-order valence-electron chi connectivity index (χ0n) is 12.3. The van der Waals surface area contributed by atoms with E-state index in [0.717, 1.165) is 35.0 Å². The number of carbonyl (C=O) groups is 2. The summed E-state index contributed by atoms with van der Waals surface area (Å²) in [6.45, 7) is 2.06. The first-order chi connectivity index (χ1) is 10.6. The molecular weight excluding hydrogens is 346 g/mol. The van der Waals surface area contributed by atoms with Gasteiger partial charge in [-0.3, -0.25) is 9.59 Å². The monoisotopic (exact) mass is 363 g/mol. The van der Waals surface area contributed by atoms with Crippen molar-refractivity contribution in [3.63, 3.8) is 0 Å². The molecule has 0 spiro atoms. The zero-order valence-corrected chi connectivity index (χ0v) is 13.9. The van der Waals surface area contributed by atoms with E-state index in [-0.39, 0.29) is 35.7 Å². The van der Waals surface area contributed by atoms with Crippen LogP contribution in [-0.2, 0) is 20.7 Å². The smallest absolute Gasteiger partial charge is 0.310 e. The van der Waals surface area contributed by atoms with Crippen LogP contribution in [0.15, 0.2) is 22.7 Å². The molecule has 0 radical (unpaired) electrons. The number of benzene rings is 1. The number of halogens is 1. The fourth-order valence-corrected chi connectivity index (χ4v) is 4.96. The molecule has 4 nitrogen and oxygen atoms in total. The number of fused-ring (bicyclic) bond motifs is 1. The first kappa shape index (κ1) is 14.2. The second-order valence-corrected chi connectivity index (χ2v) is 7.48. The van der Waals surface area contributed by atoms with Crippen molar-refractivity contribution in [1.82, 2.24) is 0 Å². The van der Waals surface area contributed by atoms with E-state index < -0.39 is 0 Å². The zero-order chi connectivity index (χ0) is 15.4. The number of anilines is 1. The first-order valence-electron chi connectivity index (χ1n) is 7.88. The van der Waals surface area contributed by atoms with Crippen LogP contribution in [0.5, 0.6) is 0 Å². The Bertz CT molecular complexity index is 657. The van der Waals surface area contributed by atoms with Gasteiger partial charge in [0, 0.05) is 16.1 Å². The van der Waals surface area contributed by atoms with Crippen molar-refractivity contribution in [2.75, 3.05) is 5.32 Å². The number of hydrogen-bond acceptors (Lipinski definition) is 3. The van der Waals surface area contributed by atoms with E-state index in [2.05, 4.69) is 28.2 Å². The molecule has 3 fully saturated rings. The van der Waals surface area contributed by atoms with Gasteiger partial charge < -0.3 is 10.1 Å². The van der Waals surface area contributed by atoms with Gasteiger partial charge in [-0.05, 0) is 48.9 Å². The van der Waals surface area contributed by atoms with E-state index in [9.17, 15) is 9.59 Å². The Hall–Kier alpha value is -1.36. The van der Waals surface area contributed by atoms with Gasteiger partial charge in [-0.25, -0.2) is 0 Å². The molecular formula is C17H18BrNO3. The molecule has 3 aliphatic rings. The average molecular weight is 364 g/mol. The number of carbonyl (C=O) groups excluding carboxylic acids is 2. The number of aryl methyl sites for hydroxylation is 1. The van der Waals surface area contributed by atoms with Crippen LogP contribution in [0.25, 0.3) is 0 Å². The summed E-state index contributed by atoms with van der Waals surface area (Å²) in [7, 11) is 0. The van der Waals surface area contributed by atoms with Crippen LogP contribution in [0.4, 0.5) is 5.69 Å². The van der Waals surface area contributed by atoms with Gasteiger partial charge in [-0.15, -0.1) is 0 Å². The van der Waals surface area contributed by atoms with Crippen molar-refractivity contribution in [1.29, 1.82) is 0 Å². The maximum absolute atomic E-state index is 12.8. The topological polar surface area (TPSA) is 55.4 Å². The van der Waals surface area contributed by atoms with Crippen LogP contribution in [0, 0.1) is 23.7 Å². The van der Waals surface area contributed by atoms with Crippen LogP contribution >= 0.6 is 15.9 Å². The molecule has 1 amide bonds. The lowest BCUT2D eigenvalue weighted by atomic mass is 9.79. The van der Waals surface area contributed by atoms with E-state index in [1.165, 1.54) is 0 Å². The van der Waals surface area contributed by atoms with Gasteiger partial charge in [0.15, 0.2) is 0 Å². The molecule has 1 saturated heterocycles. The highest BCUT2D eigenvalue weighted by Crippen LogP contribution is 2.57. The Morgan fingerprint density at radius 2 is 2.23 bits per heavy atom. The second kappa shape index (κ2) is 5.08. The highest BCUT2D eigenvalue weighted by molar-refractivity contribution is 9.10. The molecule has 5 atom stereocenters. The predicted molar refractivity (Wildman–Crippen MR) is 85.2 cm³/mol. The maximum Gasteiger partial charge on any atom is 0.310 e. The van der Waals surface area contributed by atoms with Gasteiger partial charge in [0.25, 0.3) is 0 Å². The van der Waals surface area contributed by atoms with Crippen LogP contribution < -0.4 is 5.32 Å². The summed E-state index contributed by atoms with van der Waals surface area (Å²) in [4.78, 5) is 24.8. The minimum Gasteiger partial charge on any atom is -0.462 e. The molecule has 0 unspecified atom stereocenters. The molecule has 116 valence electrons. The largest absolute Gasteiger partial charge is 0.462 e. The summed E-state index contributed by atoms with van der Waals surface area (Å²) in [6, 6.07) is 5.87.